The maximum absolute atomic E-state index is 11.1. The lowest BCUT2D eigenvalue weighted by molar-refractivity contribution is -0.697. The fraction of sp³-hybridized carbons (Fsp3) is 0.143. The minimum absolute atomic E-state index is 0.443. The molecule has 0 aliphatic rings. The number of hydrogen-bond donors (Lipinski definition) is 1. The Kier molecular flexibility index (Phi) is 4.36. The summed E-state index contributed by atoms with van der Waals surface area (Å²) in [6.07, 6.45) is 3.54. The third-order valence-electron chi connectivity index (χ3n) is 2.59. The Morgan fingerprint density at radius 2 is 2.05 bits per heavy atom. The SMILES string of the molecule is NC(=O)c1ccc[n+](CCOc2ccccc2Cl)c1. The molecule has 98 valence electrons. The number of pyridine rings is 1. The van der Waals surface area contributed by atoms with E-state index in [1.807, 2.05) is 29.0 Å². The van der Waals surface area contributed by atoms with Crippen LogP contribution in [0.15, 0.2) is 48.8 Å². The number of carbonyl (C=O) groups is 1. The smallest absolute Gasteiger partial charge is 0.254 e. The van der Waals surface area contributed by atoms with Gasteiger partial charge in [0.25, 0.3) is 5.91 Å². The molecule has 5 heteroatoms. The molecule has 0 radical (unpaired) electrons. The second-order valence-electron chi connectivity index (χ2n) is 3.97. The summed E-state index contributed by atoms with van der Waals surface area (Å²) >= 11 is 5.98. The van der Waals surface area contributed by atoms with Crippen molar-refractivity contribution in [2.45, 2.75) is 6.54 Å². The van der Waals surface area contributed by atoms with E-state index >= 15 is 0 Å². The molecule has 4 nitrogen and oxygen atoms in total. The number of carbonyl (C=O) groups excluding carboxylic acids is 1. The Labute approximate surface area is 116 Å². The summed E-state index contributed by atoms with van der Waals surface area (Å²) in [7, 11) is 0. The average Bonchev–Trinajstić information content (AvgIpc) is 2.41. The van der Waals surface area contributed by atoms with Crippen molar-refractivity contribution in [1.29, 1.82) is 0 Å². The van der Waals surface area contributed by atoms with E-state index in [0.717, 1.165) is 0 Å². The standard InChI is InChI=1S/C14H13ClN2O2/c15-12-5-1-2-6-13(12)19-9-8-17-7-3-4-11(10-17)14(16)18/h1-7,10H,8-9H2,(H-,16,18)/p+1. The highest BCUT2D eigenvalue weighted by molar-refractivity contribution is 6.32. The first-order valence-electron chi connectivity index (χ1n) is 5.83. The van der Waals surface area contributed by atoms with Crippen molar-refractivity contribution in [3.63, 3.8) is 0 Å². The molecular weight excluding hydrogens is 264 g/mol. The van der Waals surface area contributed by atoms with Crippen LogP contribution in [0.25, 0.3) is 0 Å². The number of benzene rings is 1. The second-order valence-corrected chi connectivity index (χ2v) is 4.38. The summed E-state index contributed by atoms with van der Waals surface area (Å²) in [4.78, 5) is 11.1. The third-order valence-corrected chi connectivity index (χ3v) is 2.90. The van der Waals surface area contributed by atoms with Gasteiger partial charge in [-0.2, -0.15) is 0 Å². The van der Waals surface area contributed by atoms with Crippen molar-refractivity contribution < 1.29 is 14.1 Å². The van der Waals surface area contributed by atoms with E-state index in [4.69, 9.17) is 22.1 Å². The topological polar surface area (TPSA) is 56.2 Å². The van der Waals surface area contributed by atoms with Gasteiger partial charge in [-0.15, -0.1) is 0 Å². The van der Waals surface area contributed by atoms with Gasteiger partial charge in [0.15, 0.2) is 18.9 Å². The van der Waals surface area contributed by atoms with Gasteiger partial charge in [0, 0.05) is 6.07 Å². The molecule has 0 spiro atoms. The number of nitrogens with zero attached hydrogens (tertiary/aromatic N) is 1. The van der Waals surface area contributed by atoms with E-state index in [9.17, 15) is 4.79 Å². The molecule has 1 heterocycles. The van der Waals surface area contributed by atoms with E-state index in [0.29, 0.717) is 29.5 Å². The Morgan fingerprint density at radius 1 is 1.26 bits per heavy atom. The molecule has 0 saturated carbocycles. The van der Waals surface area contributed by atoms with E-state index in [1.54, 1.807) is 24.4 Å². The molecule has 0 bridgehead atoms. The molecule has 1 amide bonds. The van der Waals surface area contributed by atoms with Crippen LogP contribution in [0.1, 0.15) is 10.4 Å². The van der Waals surface area contributed by atoms with Crippen LogP contribution in [0.3, 0.4) is 0 Å². The lowest BCUT2D eigenvalue weighted by Gasteiger charge is -2.05. The first kappa shape index (κ1) is 13.4. The molecule has 2 rings (SSSR count). The highest BCUT2D eigenvalue weighted by atomic mass is 35.5. The van der Waals surface area contributed by atoms with Gasteiger partial charge >= 0.3 is 0 Å². The van der Waals surface area contributed by atoms with Gasteiger partial charge < -0.3 is 10.5 Å². The number of ether oxygens (including phenoxy) is 1. The number of hydrogen-bond acceptors (Lipinski definition) is 2. The van der Waals surface area contributed by atoms with Crippen molar-refractivity contribution in [3.8, 4) is 5.75 Å². The lowest BCUT2D eigenvalue weighted by Crippen LogP contribution is -2.37. The summed E-state index contributed by atoms with van der Waals surface area (Å²) in [6.45, 7) is 1.06. The molecule has 1 aromatic heterocycles. The Morgan fingerprint density at radius 3 is 2.79 bits per heavy atom. The number of amides is 1. The van der Waals surface area contributed by atoms with Crippen molar-refractivity contribution in [1.82, 2.24) is 0 Å². The number of primary amides is 1. The summed E-state index contributed by atoms with van der Waals surface area (Å²) in [5.74, 6) is 0.206. The highest BCUT2D eigenvalue weighted by Crippen LogP contribution is 2.22. The zero-order valence-electron chi connectivity index (χ0n) is 10.3. The molecule has 2 N–H and O–H groups in total. The van der Waals surface area contributed by atoms with Gasteiger partial charge in [-0.05, 0) is 18.2 Å². The molecule has 0 aliphatic heterocycles. The largest absolute Gasteiger partial charge is 0.485 e. The van der Waals surface area contributed by atoms with Crippen molar-refractivity contribution in [2.24, 2.45) is 5.73 Å². The van der Waals surface area contributed by atoms with Gasteiger partial charge in [-0.1, -0.05) is 23.7 Å². The van der Waals surface area contributed by atoms with E-state index in [-0.39, 0.29) is 0 Å². The van der Waals surface area contributed by atoms with Gasteiger partial charge in [0.05, 0.1) is 5.02 Å². The quantitative estimate of drug-likeness (QED) is 0.848. The van der Waals surface area contributed by atoms with Crippen LogP contribution in [0, 0.1) is 0 Å². The fourth-order valence-electron chi connectivity index (χ4n) is 1.63. The van der Waals surface area contributed by atoms with Crippen LogP contribution in [0.5, 0.6) is 5.75 Å². The van der Waals surface area contributed by atoms with Crippen LogP contribution in [-0.4, -0.2) is 12.5 Å². The van der Waals surface area contributed by atoms with E-state index in [1.165, 1.54) is 0 Å². The highest BCUT2D eigenvalue weighted by Gasteiger charge is 2.07. The predicted octanol–water partition coefficient (Wildman–Crippen LogP) is 1.81. The first-order valence-corrected chi connectivity index (χ1v) is 6.21. The van der Waals surface area contributed by atoms with E-state index < -0.39 is 5.91 Å². The molecule has 0 atom stereocenters. The van der Waals surface area contributed by atoms with Crippen LogP contribution in [0.2, 0.25) is 5.02 Å². The molecule has 0 fully saturated rings. The third kappa shape index (κ3) is 3.69. The Balaban J connectivity index is 1.94. The summed E-state index contributed by atoms with van der Waals surface area (Å²) in [5, 5.41) is 0.582. The van der Waals surface area contributed by atoms with Crippen molar-refractivity contribution in [2.75, 3.05) is 6.61 Å². The average molecular weight is 278 g/mol. The first-order chi connectivity index (χ1) is 9.16. The Bertz CT molecular complexity index is 587. The monoisotopic (exact) mass is 277 g/mol. The molecular formula is C14H14ClN2O2+. The second kappa shape index (κ2) is 6.20. The number of para-hydroxylation sites is 1. The zero-order chi connectivity index (χ0) is 13.7. The van der Waals surface area contributed by atoms with Crippen LogP contribution in [0.4, 0.5) is 0 Å². The molecule has 0 unspecified atom stereocenters. The van der Waals surface area contributed by atoms with E-state index in [2.05, 4.69) is 0 Å². The lowest BCUT2D eigenvalue weighted by atomic mass is 10.3. The molecule has 2 aromatic rings. The normalized spacial score (nSPS) is 10.2. The number of aromatic nitrogens is 1. The van der Waals surface area contributed by atoms with Crippen molar-refractivity contribution in [3.05, 3.63) is 59.4 Å². The van der Waals surface area contributed by atoms with Crippen molar-refractivity contribution >= 4 is 17.5 Å². The fourth-order valence-corrected chi connectivity index (χ4v) is 1.82. The molecule has 19 heavy (non-hydrogen) atoms. The minimum atomic E-state index is -0.443. The van der Waals surface area contributed by atoms with Crippen LogP contribution < -0.4 is 15.0 Å². The number of rotatable bonds is 5. The van der Waals surface area contributed by atoms with Crippen LogP contribution >= 0.6 is 11.6 Å². The maximum Gasteiger partial charge on any atom is 0.254 e. The zero-order valence-corrected chi connectivity index (χ0v) is 11.0. The minimum Gasteiger partial charge on any atom is -0.485 e. The molecule has 0 aliphatic carbocycles. The van der Waals surface area contributed by atoms with Gasteiger partial charge in [-0.3, -0.25) is 4.79 Å². The number of halogens is 1. The van der Waals surface area contributed by atoms with Crippen LogP contribution in [-0.2, 0) is 6.54 Å². The predicted molar refractivity (Wildman–Crippen MR) is 72.1 cm³/mol. The summed E-state index contributed by atoms with van der Waals surface area (Å²) in [6, 6.07) is 10.7. The Hall–Kier alpha value is -2.07. The van der Waals surface area contributed by atoms with Gasteiger partial charge in [0.1, 0.15) is 17.9 Å². The summed E-state index contributed by atoms with van der Waals surface area (Å²) < 4.78 is 7.42. The van der Waals surface area contributed by atoms with Gasteiger partial charge in [0.2, 0.25) is 0 Å². The number of nitrogens with two attached hydrogens (primary N) is 1. The van der Waals surface area contributed by atoms with Gasteiger partial charge in [-0.25, -0.2) is 4.57 Å². The molecule has 1 aromatic carbocycles. The summed E-state index contributed by atoms with van der Waals surface area (Å²) in [5.41, 5.74) is 5.69. The maximum atomic E-state index is 11.1. The molecule has 0 saturated heterocycles.